The summed E-state index contributed by atoms with van der Waals surface area (Å²) in [7, 11) is 1.39. The monoisotopic (exact) mass is 597 g/mol. The highest BCUT2D eigenvalue weighted by Crippen LogP contribution is 2.60. The fourth-order valence-electron chi connectivity index (χ4n) is 6.98. The van der Waals surface area contributed by atoms with Gasteiger partial charge in [-0.1, -0.05) is 55.0 Å². The zero-order valence-electron chi connectivity index (χ0n) is 24.1. The quantitative estimate of drug-likeness (QED) is 0.112. The molecule has 0 spiro atoms. The zero-order chi connectivity index (χ0) is 31.0. The summed E-state index contributed by atoms with van der Waals surface area (Å²) in [6.45, 7) is -0.312. The Bertz CT molecular complexity index is 1550. The third-order valence-electron chi connectivity index (χ3n) is 8.84. The van der Waals surface area contributed by atoms with Gasteiger partial charge >= 0.3 is 5.97 Å². The number of benzene rings is 3. The number of rotatable bonds is 11. The normalized spacial score (nSPS) is 20.9. The molecule has 3 aromatic carbocycles. The summed E-state index contributed by atoms with van der Waals surface area (Å²) < 4.78 is 10.1. The Labute approximate surface area is 253 Å². The number of nitro groups is 1. The Morgan fingerprint density at radius 1 is 0.864 bits per heavy atom. The number of nitrogens with zero attached hydrogens (tertiary/aromatic N) is 2. The van der Waals surface area contributed by atoms with Crippen LogP contribution in [0.15, 0.2) is 66.7 Å². The highest BCUT2D eigenvalue weighted by atomic mass is 16.6. The Hall–Kier alpha value is -5.06. The first-order chi connectivity index (χ1) is 21.3. The van der Waals surface area contributed by atoms with Crippen LogP contribution >= 0.6 is 0 Å². The van der Waals surface area contributed by atoms with E-state index in [4.69, 9.17) is 9.47 Å². The second-order valence-electron chi connectivity index (χ2n) is 11.3. The van der Waals surface area contributed by atoms with Gasteiger partial charge in [0.25, 0.3) is 11.6 Å². The minimum absolute atomic E-state index is 0.0501. The molecular weight excluding hydrogens is 566 g/mol. The SMILES string of the molecule is COc1ccc([N+](=O)[O-])c(NC(=O)COC(=O)CCCCCN2C(=O)[C@H]3C4c5ccccc5C(c5ccccc54)[C@@H]3C2=O)c1. The third kappa shape index (κ3) is 5.08. The van der Waals surface area contributed by atoms with Gasteiger partial charge in [-0.15, -0.1) is 0 Å². The largest absolute Gasteiger partial charge is 0.497 e. The number of anilines is 1. The lowest BCUT2D eigenvalue weighted by molar-refractivity contribution is -0.383. The number of methoxy groups -OCH3 is 1. The van der Waals surface area contributed by atoms with E-state index in [0.29, 0.717) is 25.0 Å². The fourth-order valence-corrected chi connectivity index (χ4v) is 6.98. The maximum atomic E-state index is 13.7. The average Bonchev–Trinajstić information content (AvgIpc) is 3.28. The average molecular weight is 598 g/mol. The van der Waals surface area contributed by atoms with Gasteiger partial charge in [-0.3, -0.25) is 34.2 Å². The van der Waals surface area contributed by atoms with Crippen molar-refractivity contribution in [2.75, 3.05) is 25.6 Å². The maximum Gasteiger partial charge on any atom is 0.306 e. The number of amides is 3. The minimum atomic E-state index is -0.722. The van der Waals surface area contributed by atoms with E-state index in [2.05, 4.69) is 29.6 Å². The number of likely N-dealkylation sites (tertiary alicyclic amines) is 1. The van der Waals surface area contributed by atoms with Crippen LogP contribution in [0.25, 0.3) is 0 Å². The van der Waals surface area contributed by atoms with Gasteiger partial charge in [0.1, 0.15) is 11.4 Å². The lowest BCUT2D eigenvalue weighted by Crippen LogP contribution is -2.41. The molecule has 226 valence electrons. The van der Waals surface area contributed by atoms with Gasteiger partial charge < -0.3 is 14.8 Å². The van der Waals surface area contributed by atoms with Crippen molar-refractivity contribution in [3.63, 3.8) is 0 Å². The van der Waals surface area contributed by atoms with Crippen LogP contribution < -0.4 is 10.1 Å². The number of imide groups is 1. The van der Waals surface area contributed by atoms with E-state index in [9.17, 15) is 29.3 Å². The van der Waals surface area contributed by atoms with Gasteiger partial charge in [-0.25, -0.2) is 0 Å². The molecule has 7 rings (SSSR count). The van der Waals surface area contributed by atoms with Crippen LogP contribution in [0.2, 0.25) is 0 Å². The molecule has 1 N–H and O–H groups in total. The predicted molar refractivity (Wildman–Crippen MR) is 158 cm³/mol. The van der Waals surface area contributed by atoms with Gasteiger partial charge in [0.15, 0.2) is 6.61 Å². The summed E-state index contributed by atoms with van der Waals surface area (Å²) in [5.41, 5.74) is 4.15. The van der Waals surface area contributed by atoms with Crippen LogP contribution in [-0.2, 0) is 23.9 Å². The Morgan fingerprint density at radius 3 is 1.95 bits per heavy atom. The van der Waals surface area contributed by atoms with Crippen molar-refractivity contribution in [1.29, 1.82) is 0 Å². The van der Waals surface area contributed by atoms with Gasteiger partial charge in [0.05, 0.1) is 23.9 Å². The Kier molecular flexibility index (Phi) is 7.86. The zero-order valence-corrected chi connectivity index (χ0v) is 24.1. The van der Waals surface area contributed by atoms with Crippen LogP contribution in [0.1, 0.15) is 59.8 Å². The Morgan fingerprint density at radius 2 is 1.43 bits per heavy atom. The third-order valence-corrected chi connectivity index (χ3v) is 8.84. The van der Waals surface area contributed by atoms with Crippen LogP contribution in [0.4, 0.5) is 11.4 Å². The van der Waals surface area contributed by atoms with E-state index in [1.165, 1.54) is 30.2 Å². The molecule has 1 fully saturated rings. The van der Waals surface area contributed by atoms with Crippen LogP contribution in [0, 0.1) is 22.0 Å². The van der Waals surface area contributed by atoms with Crippen LogP contribution in [0.3, 0.4) is 0 Å². The van der Waals surface area contributed by atoms with Crippen molar-refractivity contribution in [1.82, 2.24) is 4.90 Å². The van der Waals surface area contributed by atoms with Crippen molar-refractivity contribution in [3.05, 3.63) is 99.1 Å². The molecule has 2 bridgehead atoms. The molecule has 2 atom stereocenters. The number of unbranched alkanes of at least 4 members (excludes halogenated alkanes) is 2. The molecule has 3 amide bonds. The molecular formula is C33H31N3O8. The van der Waals surface area contributed by atoms with Crippen molar-refractivity contribution in [2.45, 2.75) is 37.5 Å². The molecule has 11 heteroatoms. The molecule has 1 heterocycles. The second kappa shape index (κ2) is 11.9. The summed E-state index contributed by atoms with van der Waals surface area (Å²) >= 11 is 0. The van der Waals surface area contributed by atoms with E-state index < -0.39 is 35.2 Å². The van der Waals surface area contributed by atoms with Crippen LogP contribution in [0.5, 0.6) is 5.75 Å². The van der Waals surface area contributed by atoms with E-state index in [-0.39, 0.29) is 48.0 Å². The summed E-state index contributed by atoms with van der Waals surface area (Å²) in [5.74, 6) is -2.33. The number of carbonyl (C=O) groups is 4. The van der Waals surface area contributed by atoms with Gasteiger partial charge in [0.2, 0.25) is 11.8 Å². The van der Waals surface area contributed by atoms with E-state index >= 15 is 0 Å². The van der Waals surface area contributed by atoms with E-state index in [1.54, 1.807) is 0 Å². The summed E-state index contributed by atoms with van der Waals surface area (Å²) in [6.07, 6.45) is 1.62. The first-order valence-electron chi connectivity index (χ1n) is 14.6. The lowest BCUT2D eigenvalue weighted by Gasteiger charge is -2.45. The lowest BCUT2D eigenvalue weighted by atomic mass is 9.55. The smallest absolute Gasteiger partial charge is 0.306 e. The molecule has 3 aliphatic carbocycles. The number of nitro benzene ring substituents is 1. The molecule has 1 saturated heterocycles. The summed E-state index contributed by atoms with van der Waals surface area (Å²) in [6, 6.07) is 20.2. The Balaban J connectivity index is 0.988. The number of nitrogens with one attached hydrogen (secondary N) is 1. The predicted octanol–water partition coefficient (Wildman–Crippen LogP) is 4.54. The first kappa shape index (κ1) is 29.0. The summed E-state index contributed by atoms with van der Waals surface area (Å²) in [4.78, 5) is 63.8. The number of hydrogen-bond acceptors (Lipinski definition) is 8. The highest BCUT2D eigenvalue weighted by Gasteiger charge is 2.61. The minimum Gasteiger partial charge on any atom is -0.497 e. The van der Waals surface area contributed by atoms with E-state index in [1.807, 2.05) is 24.3 Å². The summed E-state index contributed by atoms with van der Waals surface area (Å²) in [5, 5.41) is 13.6. The molecule has 4 aliphatic rings. The van der Waals surface area contributed by atoms with Crippen LogP contribution in [-0.4, -0.2) is 53.8 Å². The van der Waals surface area contributed by atoms with Crippen molar-refractivity contribution in [3.8, 4) is 5.75 Å². The first-order valence-corrected chi connectivity index (χ1v) is 14.6. The van der Waals surface area contributed by atoms with Crippen molar-refractivity contribution >= 4 is 35.1 Å². The van der Waals surface area contributed by atoms with Gasteiger partial charge in [0, 0.05) is 36.9 Å². The van der Waals surface area contributed by atoms with Crippen molar-refractivity contribution < 1.29 is 33.6 Å². The molecule has 0 radical (unpaired) electrons. The highest BCUT2D eigenvalue weighted by molar-refractivity contribution is 6.07. The van der Waals surface area contributed by atoms with E-state index in [0.717, 1.165) is 22.3 Å². The fraction of sp³-hybridized carbons (Fsp3) is 0.333. The molecule has 11 nitrogen and oxygen atoms in total. The number of esters is 1. The molecule has 0 saturated carbocycles. The van der Waals surface area contributed by atoms with Gasteiger partial charge in [-0.05, 0) is 41.2 Å². The maximum absolute atomic E-state index is 13.7. The molecule has 0 aromatic heterocycles. The number of carbonyl (C=O) groups excluding carboxylic acids is 4. The number of hydrogen-bond donors (Lipinski definition) is 1. The van der Waals surface area contributed by atoms with Gasteiger partial charge in [-0.2, -0.15) is 0 Å². The second-order valence-corrected chi connectivity index (χ2v) is 11.3. The molecule has 3 aromatic rings. The topological polar surface area (TPSA) is 145 Å². The molecule has 0 unspecified atom stereocenters. The van der Waals surface area contributed by atoms with Crippen molar-refractivity contribution in [2.24, 2.45) is 11.8 Å². The molecule has 1 aliphatic heterocycles. The molecule has 44 heavy (non-hydrogen) atoms. The standard InChI is InChI=1S/C33H31N3O8/c1-43-19-14-15-25(36(41)42)24(17-19)34-26(37)18-44-27(38)13-3-2-8-16-35-32(39)30-28-20-9-4-5-10-21(20)29(31(30)33(35)40)23-12-7-6-11-22(23)28/h4-7,9-12,14-15,17,28-31H,2-3,8,13,16,18H2,1H3,(H,34,37)/t28?,29?,30-,31-/m0/s1. The number of ether oxygens (including phenoxy) is 2.